The van der Waals surface area contributed by atoms with E-state index in [-0.39, 0.29) is 17.2 Å². The molecule has 1 aliphatic heterocycles. The lowest BCUT2D eigenvalue weighted by molar-refractivity contribution is -0.384. The van der Waals surface area contributed by atoms with Crippen molar-refractivity contribution in [3.8, 4) is 5.75 Å². The number of carbonyl (C=O) groups is 1. The lowest BCUT2D eigenvalue weighted by Crippen LogP contribution is -2.37. The normalized spacial score (nSPS) is 13.9. The zero-order valence-corrected chi connectivity index (χ0v) is 21.2. The molecule has 1 aliphatic rings. The van der Waals surface area contributed by atoms with Gasteiger partial charge in [-0.2, -0.15) is 0 Å². The van der Waals surface area contributed by atoms with Crippen molar-refractivity contribution in [3.63, 3.8) is 0 Å². The van der Waals surface area contributed by atoms with E-state index in [1.165, 1.54) is 17.4 Å². The first-order valence-electron chi connectivity index (χ1n) is 11.9. The number of hydrogen-bond donors (Lipinski definition) is 0. The number of benzene rings is 2. The quantitative estimate of drug-likeness (QED) is 0.310. The number of anilines is 2. The fraction of sp³-hybridized carbons (Fsp3) is 0.440. The van der Waals surface area contributed by atoms with Gasteiger partial charge in [-0.15, -0.1) is 0 Å². The highest BCUT2D eigenvalue weighted by Gasteiger charge is 2.27. The van der Waals surface area contributed by atoms with E-state index in [1.807, 2.05) is 49.0 Å². The Balaban J connectivity index is 1.69. The second-order valence-corrected chi connectivity index (χ2v) is 9.84. The summed E-state index contributed by atoms with van der Waals surface area (Å²) in [6, 6.07) is 10.5. The Morgan fingerprint density at radius 3 is 2.60 bits per heavy atom. The minimum atomic E-state index is -0.391. The van der Waals surface area contributed by atoms with E-state index in [0.29, 0.717) is 30.5 Å². The summed E-state index contributed by atoms with van der Waals surface area (Å²) < 4.78 is 6.52. The number of fused-ring (bicyclic) bond motifs is 1. The summed E-state index contributed by atoms with van der Waals surface area (Å²) in [6.45, 7) is 5.11. The molecule has 3 aromatic rings. The highest BCUT2D eigenvalue weighted by Crippen LogP contribution is 2.34. The Hall–Kier alpha value is -3.24. The van der Waals surface area contributed by atoms with Crippen molar-refractivity contribution in [2.24, 2.45) is 0 Å². The minimum absolute atomic E-state index is 0.0315. The van der Waals surface area contributed by atoms with E-state index in [2.05, 4.69) is 0 Å². The van der Waals surface area contributed by atoms with Crippen LogP contribution in [0.1, 0.15) is 36.5 Å². The topological polar surface area (TPSA) is 92.1 Å². The predicted octanol–water partition coefficient (Wildman–Crippen LogP) is 4.80. The van der Waals surface area contributed by atoms with Crippen LogP contribution in [0.4, 0.5) is 16.5 Å². The maximum atomic E-state index is 13.7. The number of rotatable bonds is 9. The number of piperidine rings is 1. The van der Waals surface area contributed by atoms with Crippen LogP contribution in [0.15, 0.2) is 36.4 Å². The molecule has 35 heavy (non-hydrogen) atoms. The number of thiazole rings is 1. The highest BCUT2D eigenvalue weighted by atomic mass is 32.1. The number of ether oxygens (including phenoxy) is 1. The summed E-state index contributed by atoms with van der Waals surface area (Å²) in [4.78, 5) is 35.6. The largest absolute Gasteiger partial charge is 0.494 e. The number of carbonyl (C=O) groups excluding carboxylic acids is 1. The van der Waals surface area contributed by atoms with E-state index < -0.39 is 4.92 Å². The van der Waals surface area contributed by atoms with E-state index >= 15 is 0 Å². The Morgan fingerprint density at radius 1 is 1.14 bits per heavy atom. The molecule has 0 atom stereocenters. The van der Waals surface area contributed by atoms with Crippen molar-refractivity contribution in [1.82, 2.24) is 9.88 Å². The molecule has 2 heterocycles. The van der Waals surface area contributed by atoms with Gasteiger partial charge in [0, 0.05) is 37.8 Å². The number of nitrogens with zero attached hydrogens (tertiary/aromatic N) is 5. The van der Waals surface area contributed by atoms with E-state index in [0.717, 1.165) is 48.3 Å². The number of nitro benzene ring substituents is 1. The molecular weight excluding hydrogens is 466 g/mol. The van der Waals surface area contributed by atoms with Crippen LogP contribution in [0.25, 0.3) is 10.2 Å². The molecule has 4 rings (SSSR count). The third-order valence-corrected chi connectivity index (χ3v) is 7.06. The number of hydrogen-bond acceptors (Lipinski definition) is 8. The maximum Gasteiger partial charge on any atom is 0.293 e. The molecule has 0 unspecified atom stereocenters. The zero-order valence-electron chi connectivity index (χ0n) is 20.4. The number of amides is 1. The first-order chi connectivity index (χ1) is 16.9. The van der Waals surface area contributed by atoms with Crippen molar-refractivity contribution >= 4 is 44.0 Å². The molecule has 1 amide bonds. The molecule has 2 aromatic carbocycles. The van der Waals surface area contributed by atoms with Gasteiger partial charge in [0.05, 0.1) is 21.7 Å². The second-order valence-electron chi connectivity index (χ2n) is 8.83. The summed E-state index contributed by atoms with van der Waals surface area (Å²) in [5.74, 6) is 0.453. The fourth-order valence-corrected chi connectivity index (χ4v) is 5.23. The van der Waals surface area contributed by atoms with Gasteiger partial charge in [0.1, 0.15) is 11.4 Å². The molecule has 0 N–H and O–H groups in total. The molecule has 10 heteroatoms. The molecule has 9 nitrogen and oxygen atoms in total. The van der Waals surface area contributed by atoms with Crippen LogP contribution >= 0.6 is 11.3 Å². The van der Waals surface area contributed by atoms with E-state index in [4.69, 9.17) is 9.72 Å². The lowest BCUT2D eigenvalue weighted by Gasteiger charge is -2.28. The zero-order chi connectivity index (χ0) is 24.9. The molecule has 1 aromatic heterocycles. The number of aromatic nitrogens is 1. The van der Waals surface area contributed by atoms with Gasteiger partial charge in [0.15, 0.2) is 5.13 Å². The highest BCUT2D eigenvalue weighted by molar-refractivity contribution is 7.22. The maximum absolute atomic E-state index is 13.7. The van der Waals surface area contributed by atoms with Crippen molar-refractivity contribution in [2.45, 2.75) is 26.2 Å². The fourth-order valence-electron chi connectivity index (χ4n) is 4.21. The van der Waals surface area contributed by atoms with Crippen LogP contribution < -0.4 is 14.5 Å². The van der Waals surface area contributed by atoms with Crippen LogP contribution in [0.2, 0.25) is 0 Å². The van der Waals surface area contributed by atoms with Gasteiger partial charge < -0.3 is 14.5 Å². The van der Waals surface area contributed by atoms with Crippen LogP contribution in [0, 0.1) is 10.1 Å². The Labute approximate surface area is 209 Å². The average molecular weight is 498 g/mol. The smallest absolute Gasteiger partial charge is 0.293 e. The van der Waals surface area contributed by atoms with Crippen molar-refractivity contribution < 1.29 is 14.5 Å². The standard InChI is InChI=1S/C25H31N5O4S/c1-4-34-19-9-10-20-23(17-19)35-25(26-20)29(15-14-27(2)3)24(31)18-8-11-21(22(16-18)30(32)33)28-12-6-5-7-13-28/h8-11,16-17H,4-7,12-15H2,1-3H3. The van der Waals surface area contributed by atoms with E-state index in [1.54, 1.807) is 17.0 Å². The molecule has 1 saturated heterocycles. The molecule has 186 valence electrons. The molecule has 0 spiro atoms. The van der Waals surface area contributed by atoms with Gasteiger partial charge in [-0.05, 0) is 70.6 Å². The number of nitro groups is 1. The Kier molecular flexibility index (Phi) is 7.82. The SMILES string of the molecule is CCOc1ccc2nc(N(CCN(C)C)C(=O)c3ccc(N4CCCCC4)c([N+](=O)[O-])c3)sc2c1. The predicted molar refractivity (Wildman–Crippen MR) is 140 cm³/mol. The van der Waals surface area contributed by atoms with Crippen LogP contribution in [0.3, 0.4) is 0 Å². The molecule has 0 bridgehead atoms. The van der Waals surface area contributed by atoms with Crippen LogP contribution in [-0.4, -0.2) is 67.6 Å². The summed E-state index contributed by atoms with van der Waals surface area (Å²) in [5, 5.41) is 12.5. The summed E-state index contributed by atoms with van der Waals surface area (Å²) in [6.07, 6.45) is 3.16. The second kappa shape index (κ2) is 11.0. The third-order valence-electron chi connectivity index (χ3n) is 6.02. The van der Waals surface area contributed by atoms with E-state index in [9.17, 15) is 14.9 Å². The number of likely N-dealkylation sites (N-methyl/N-ethyl adjacent to an activating group) is 1. The molecule has 0 radical (unpaired) electrons. The van der Waals surface area contributed by atoms with Gasteiger partial charge in [-0.3, -0.25) is 19.8 Å². The molecular formula is C25H31N5O4S. The molecule has 0 saturated carbocycles. The summed E-state index contributed by atoms with van der Waals surface area (Å²) in [5.41, 5.74) is 1.61. The van der Waals surface area contributed by atoms with Gasteiger partial charge in [-0.25, -0.2) is 4.98 Å². The average Bonchev–Trinajstić information content (AvgIpc) is 3.27. The van der Waals surface area contributed by atoms with Gasteiger partial charge in [-0.1, -0.05) is 11.3 Å². The first kappa shape index (κ1) is 24.9. The molecule has 0 aliphatic carbocycles. The van der Waals surface area contributed by atoms with Crippen LogP contribution in [0.5, 0.6) is 5.75 Å². The third kappa shape index (κ3) is 5.71. The summed E-state index contributed by atoms with van der Waals surface area (Å²) >= 11 is 1.41. The molecule has 1 fully saturated rings. The van der Waals surface area contributed by atoms with Crippen LogP contribution in [-0.2, 0) is 0 Å². The Morgan fingerprint density at radius 2 is 1.91 bits per heavy atom. The monoisotopic (exact) mass is 497 g/mol. The van der Waals surface area contributed by atoms with Crippen molar-refractivity contribution in [3.05, 3.63) is 52.1 Å². The van der Waals surface area contributed by atoms with Crippen molar-refractivity contribution in [2.75, 3.05) is 56.7 Å². The summed E-state index contributed by atoms with van der Waals surface area (Å²) in [7, 11) is 3.88. The van der Waals surface area contributed by atoms with Gasteiger partial charge in [0.25, 0.3) is 11.6 Å². The van der Waals surface area contributed by atoms with Crippen molar-refractivity contribution in [1.29, 1.82) is 0 Å². The first-order valence-corrected chi connectivity index (χ1v) is 12.7. The van der Waals surface area contributed by atoms with Gasteiger partial charge >= 0.3 is 0 Å². The minimum Gasteiger partial charge on any atom is -0.494 e. The van der Waals surface area contributed by atoms with Gasteiger partial charge in [0.2, 0.25) is 0 Å². The lowest BCUT2D eigenvalue weighted by atomic mass is 10.1. The Bertz CT molecular complexity index is 1210.